The summed E-state index contributed by atoms with van der Waals surface area (Å²) in [5.74, 6) is 2.60. The lowest BCUT2D eigenvalue weighted by atomic mass is 10.2. The van der Waals surface area contributed by atoms with E-state index in [1.807, 2.05) is 18.2 Å². The van der Waals surface area contributed by atoms with Gasteiger partial charge >= 0.3 is 0 Å². The second-order valence-electron chi connectivity index (χ2n) is 6.29. The molecular formula is C16H19N5O4S. The standard InChI is InChI=1S/C16H19N5O4S/c1-21(12-4-7-26(22,23)10-12)16-19-15(9-17-20-16)18-11-2-3-13-14(8-11)25-6-5-24-13/h2-3,8-9,12H,4-7,10H2,1H3,(H,18,19,20). The molecule has 9 nitrogen and oxygen atoms in total. The van der Waals surface area contributed by atoms with Crippen molar-refractivity contribution in [1.82, 2.24) is 15.2 Å². The molecule has 2 aromatic rings. The number of nitrogens with zero attached hydrogens (tertiary/aromatic N) is 4. The molecular weight excluding hydrogens is 358 g/mol. The minimum absolute atomic E-state index is 0.118. The van der Waals surface area contributed by atoms with Crippen LogP contribution < -0.4 is 19.7 Å². The van der Waals surface area contributed by atoms with Crippen molar-refractivity contribution < 1.29 is 17.9 Å². The van der Waals surface area contributed by atoms with Gasteiger partial charge in [0.15, 0.2) is 27.2 Å². The highest BCUT2D eigenvalue weighted by Crippen LogP contribution is 2.33. The van der Waals surface area contributed by atoms with Crippen LogP contribution in [0.4, 0.5) is 17.5 Å². The molecule has 1 aromatic carbocycles. The number of hydrogen-bond acceptors (Lipinski definition) is 9. The second kappa shape index (κ2) is 6.60. The monoisotopic (exact) mass is 377 g/mol. The average Bonchev–Trinajstić information content (AvgIpc) is 3.01. The van der Waals surface area contributed by atoms with E-state index >= 15 is 0 Å². The van der Waals surface area contributed by atoms with Crippen molar-refractivity contribution in [3.8, 4) is 11.5 Å². The van der Waals surface area contributed by atoms with Crippen LogP contribution >= 0.6 is 0 Å². The van der Waals surface area contributed by atoms with Crippen molar-refractivity contribution >= 4 is 27.3 Å². The van der Waals surface area contributed by atoms with E-state index in [4.69, 9.17) is 9.47 Å². The van der Waals surface area contributed by atoms with Gasteiger partial charge in [-0.3, -0.25) is 0 Å². The lowest BCUT2D eigenvalue weighted by molar-refractivity contribution is 0.171. The predicted molar refractivity (Wildman–Crippen MR) is 96.0 cm³/mol. The summed E-state index contributed by atoms with van der Waals surface area (Å²) in [5, 5.41) is 11.2. The Kier molecular flexibility index (Phi) is 4.27. The van der Waals surface area contributed by atoms with Crippen LogP contribution in [0.25, 0.3) is 0 Å². The fraction of sp³-hybridized carbons (Fsp3) is 0.438. The molecule has 1 fully saturated rings. The summed E-state index contributed by atoms with van der Waals surface area (Å²) in [6, 6.07) is 5.40. The molecule has 2 aliphatic heterocycles. The molecule has 0 saturated carbocycles. The van der Waals surface area contributed by atoms with E-state index in [9.17, 15) is 8.42 Å². The first-order valence-electron chi connectivity index (χ1n) is 8.30. The SMILES string of the molecule is CN(c1nncc(Nc2ccc3c(c2)OCCO3)n1)C1CCS(=O)(=O)C1. The molecule has 1 N–H and O–H groups in total. The van der Waals surface area contributed by atoms with Crippen molar-refractivity contribution in [2.75, 3.05) is 42.0 Å². The Morgan fingerprint density at radius 1 is 1.23 bits per heavy atom. The summed E-state index contributed by atoms with van der Waals surface area (Å²) in [7, 11) is -1.19. The van der Waals surface area contributed by atoms with E-state index < -0.39 is 9.84 Å². The molecule has 0 aliphatic carbocycles. The first-order valence-corrected chi connectivity index (χ1v) is 10.1. The van der Waals surface area contributed by atoms with Gasteiger partial charge in [0, 0.05) is 24.8 Å². The maximum atomic E-state index is 11.7. The average molecular weight is 377 g/mol. The quantitative estimate of drug-likeness (QED) is 0.835. The highest BCUT2D eigenvalue weighted by Gasteiger charge is 2.32. The molecule has 10 heteroatoms. The van der Waals surface area contributed by atoms with Crippen molar-refractivity contribution in [3.05, 3.63) is 24.4 Å². The number of ether oxygens (including phenoxy) is 2. The van der Waals surface area contributed by atoms with E-state index in [0.29, 0.717) is 42.9 Å². The molecule has 1 saturated heterocycles. The van der Waals surface area contributed by atoms with Crippen LogP contribution in [0.1, 0.15) is 6.42 Å². The Morgan fingerprint density at radius 3 is 2.81 bits per heavy atom. The molecule has 1 aromatic heterocycles. The minimum Gasteiger partial charge on any atom is -0.486 e. The van der Waals surface area contributed by atoms with Crippen LogP contribution in [0.3, 0.4) is 0 Å². The van der Waals surface area contributed by atoms with Crippen LogP contribution in [0, 0.1) is 0 Å². The Hall–Kier alpha value is -2.62. The Morgan fingerprint density at radius 2 is 2.04 bits per heavy atom. The van der Waals surface area contributed by atoms with Crippen LogP contribution in [0.5, 0.6) is 11.5 Å². The highest BCUT2D eigenvalue weighted by molar-refractivity contribution is 7.91. The first-order chi connectivity index (χ1) is 12.5. The van der Waals surface area contributed by atoms with Gasteiger partial charge in [0.1, 0.15) is 13.2 Å². The van der Waals surface area contributed by atoms with Crippen LogP contribution in [0.15, 0.2) is 24.4 Å². The van der Waals surface area contributed by atoms with Gasteiger partial charge in [0.25, 0.3) is 0 Å². The smallest absolute Gasteiger partial charge is 0.247 e. The number of benzene rings is 1. The number of rotatable bonds is 4. The fourth-order valence-electron chi connectivity index (χ4n) is 3.02. The van der Waals surface area contributed by atoms with E-state index in [-0.39, 0.29) is 17.5 Å². The first kappa shape index (κ1) is 16.8. The molecule has 3 heterocycles. The van der Waals surface area contributed by atoms with Gasteiger partial charge in [0.2, 0.25) is 5.95 Å². The molecule has 26 heavy (non-hydrogen) atoms. The van der Waals surface area contributed by atoms with Crippen molar-refractivity contribution in [2.45, 2.75) is 12.5 Å². The van der Waals surface area contributed by atoms with E-state index in [1.54, 1.807) is 11.9 Å². The molecule has 0 amide bonds. The number of hydrogen-bond donors (Lipinski definition) is 1. The maximum absolute atomic E-state index is 11.7. The van der Waals surface area contributed by atoms with Crippen molar-refractivity contribution in [3.63, 3.8) is 0 Å². The zero-order valence-corrected chi connectivity index (χ0v) is 15.1. The van der Waals surface area contributed by atoms with Gasteiger partial charge in [0.05, 0.1) is 17.7 Å². The summed E-state index contributed by atoms with van der Waals surface area (Å²) in [6.45, 7) is 1.06. The fourth-order valence-corrected chi connectivity index (χ4v) is 4.79. The van der Waals surface area contributed by atoms with Gasteiger partial charge < -0.3 is 19.7 Å². The zero-order valence-electron chi connectivity index (χ0n) is 14.3. The topological polar surface area (TPSA) is 107 Å². The molecule has 4 rings (SSSR count). The van der Waals surface area contributed by atoms with Gasteiger partial charge in [-0.25, -0.2) is 8.42 Å². The lowest BCUT2D eigenvalue weighted by Crippen LogP contribution is -2.34. The molecule has 0 bridgehead atoms. The summed E-state index contributed by atoms with van der Waals surface area (Å²) in [6.07, 6.45) is 2.08. The van der Waals surface area contributed by atoms with E-state index in [1.165, 1.54) is 6.20 Å². The maximum Gasteiger partial charge on any atom is 0.247 e. The molecule has 0 radical (unpaired) electrons. The van der Waals surface area contributed by atoms with Crippen molar-refractivity contribution in [1.29, 1.82) is 0 Å². The zero-order chi connectivity index (χ0) is 18.1. The van der Waals surface area contributed by atoms with Gasteiger partial charge in [-0.1, -0.05) is 0 Å². The van der Waals surface area contributed by atoms with Gasteiger partial charge in [-0.2, -0.15) is 10.1 Å². The Balaban J connectivity index is 1.51. The minimum atomic E-state index is -2.97. The number of fused-ring (bicyclic) bond motifs is 1. The third-order valence-corrected chi connectivity index (χ3v) is 6.18. The third-order valence-electron chi connectivity index (χ3n) is 4.43. The van der Waals surface area contributed by atoms with E-state index in [2.05, 4.69) is 20.5 Å². The van der Waals surface area contributed by atoms with Crippen LogP contribution in [-0.2, 0) is 9.84 Å². The number of anilines is 3. The van der Waals surface area contributed by atoms with E-state index in [0.717, 1.165) is 5.69 Å². The third kappa shape index (κ3) is 3.50. The summed E-state index contributed by atoms with van der Waals surface area (Å²) < 4.78 is 34.4. The van der Waals surface area contributed by atoms with Gasteiger partial charge in [-0.05, 0) is 18.6 Å². The molecule has 138 valence electrons. The van der Waals surface area contributed by atoms with Crippen molar-refractivity contribution in [2.24, 2.45) is 0 Å². The van der Waals surface area contributed by atoms with Crippen LogP contribution in [0.2, 0.25) is 0 Å². The lowest BCUT2D eigenvalue weighted by Gasteiger charge is -2.23. The predicted octanol–water partition coefficient (Wildman–Crippen LogP) is 1.01. The largest absolute Gasteiger partial charge is 0.486 e. The Bertz CT molecular complexity index is 921. The Labute approximate surface area is 151 Å². The summed E-state index contributed by atoms with van der Waals surface area (Å²) in [4.78, 5) is 6.22. The summed E-state index contributed by atoms with van der Waals surface area (Å²) in [5.41, 5.74) is 0.784. The number of nitrogens with one attached hydrogen (secondary N) is 1. The summed E-state index contributed by atoms with van der Waals surface area (Å²) >= 11 is 0. The normalized spacial score (nSPS) is 20.6. The highest BCUT2D eigenvalue weighted by atomic mass is 32.2. The number of aromatic nitrogens is 3. The molecule has 1 atom stereocenters. The molecule has 1 unspecified atom stereocenters. The van der Waals surface area contributed by atoms with Gasteiger partial charge in [-0.15, -0.1) is 5.10 Å². The molecule has 2 aliphatic rings. The molecule has 0 spiro atoms. The number of sulfone groups is 1. The van der Waals surface area contributed by atoms with Crippen LogP contribution in [-0.4, -0.2) is 61.4 Å². The second-order valence-corrected chi connectivity index (χ2v) is 8.52.